The molecule has 2 heteroatoms. The van der Waals surface area contributed by atoms with E-state index in [9.17, 15) is 0 Å². The van der Waals surface area contributed by atoms with Gasteiger partial charge < -0.3 is 10.6 Å². The lowest BCUT2D eigenvalue weighted by molar-refractivity contribution is -0.0951. The highest BCUT2D eigenvalue weighted by molar-refractivity contribution is 5.02. The molecule has 0 unspecified atom stereocenters. The van der Waals surface area contributed by atoms with Crippen molar-refractivity contribution in [2.24, 2.45) is 28.9 Å². The van der Waals surface area contributed by atoms with Gasteiger partial charge in [0.05, 0.1) is 0 Å². The predicted molar refractivity (Wildman–Crippen MR) is 71.8 cm³/mol. The molecule has 0 spiro atoms. The van der Waals surface area contributed by atoms with E-state index in [-0.39, 0.29) is 0 Å². The number of nitrogens with zero attached hydrogens (tertiary/aromatic N) is 1. The summed E-state index contributed by atoms with van der Waals surface area (Å²) < 4.78 is 0. The average molecular weight is 236 g/mol. The topological polar surface area (TPSA) is 29.3 Å². The van der Waals surface area contributed by atoms with E-state index in [0.29, 0.717) is 11.5 Å². The molecule has 4 fully saturated rings. The highest BCUT2D eigenvalue weighted by atomic mass is 15.1. The number of piperidine rings is 1. The summed E-state index contributed by atoms with van der Waals surface area (Å²) in [5.41, 5.74) is 6.64. The molecule has 0 aromatic heterocycles. The van der Waals surface area contributed by atoms with E-state index in [0.717, 1.165) is 17.8 Å². The quantitative estimate of drug-likeness (QED) is 0.798. The molecule has 0 amide bonds. The summed E-state index contributed by atoms with van der Waals surface area (Å²) in [4.78, 5) is 2.67. The lowest BCUT2D eigenvalue weighted by atomic mass is 9.47. The summed E-state index contributed by atoms with van der Waals surface area (Å²) in [7, 11) is 0. The lowest BCUT2D eigenvalue weighted by Gasteiger charge is -2.59. The van der Waals surface area contributed by atoms with Gasteiger partial charge in [0.25, 0.3) is 0 Å². The van der Waals surface area contributed by atoms with E-state index in [1.807, 2.05) is 0 Å². The van der Waals surface area contributed by atoms with Gasteiger partial charge in [-0.2, -0.15) is 0 Å². The minimum Gasteiger partial charge on any atom is -0.328 e. The summed E-state index contributed by atoms with van der Waals surface area (Å²) >= 11 is 0. The van der Waals surface area contributed by atoms with Gasteiger partial charge in [0.15, 0.2) is 0 Å². The Balaban J connectivity index is 1.49. The Labute approximate surface area is 106 Å². The molecular weight excluding hydrogens is 208 g/mol. The van der Waals surface area contributed by atoms with Gasteiger partial charge in [-0.3, -0.25) is 0 Å². The molecular formula is C15H28N2. The third kappa shape index (κ3) is 2.15. The van der Waals surface area contributed by atoms with Crippen molar-refractivity contribution in [3.05, 3.63) is 0 Å². The summed E-state index contributed by atoms with van der Waals surface area (Å²) in [5.74, 6) is 3.04. The number of nitrogens with two attached hydrogens (primary N) is 1. The summed E-state index contributed by atoms with van der Waals surface area (Å²) in [6.07, 6.45) is 6.93. The molecule has 0 aromatic rings. The van der Waals surface area contributed by atoms with Gasteiger partial charge in [-0.25, -0.2) is 0 Å². The standard InChI is InChI=1S/C15H28N2/c1-15(2)12-7-11(8-13(15)9-12)10-17-5-3-14(16)4-6-17/h11-14H,3-10,16H2,1-2H3/t11-,12+,13-. The summed E-state index contributed by atoms with van der Waals surface area (Å²) in [5, 5.41) is 0. The first-order chi connectivity index (χ1) is 8.05. The second-order valence-electron chi connectivity index (χ2n) is 7.43. The molecule has 3 saturated carbocycles. The molecule has 0 radical (unpaired) electrons. The van der Waals surface area contributed by atoms with Crippen molar-refractivity contribution in [3.8, 4) is 0 Å². The molecule has 17 heavy (non-hydrogen) atoms. The molecule has 2 bridgehead atoms. The Kier molecular flexibility index (Phi) is 2.99. The van der Waals surface area contributed by atoms with Crippen molar-refractivity contribution in [1.82, 2.24) is 4.90 Å². The van der Waals surface area contributed by atoms with Crippen LogP contribution in [0.2, 0.25) is 0 Å². The van der Waals surface area contributed by atoms with Gasteiger partial charge in [-0.05, 0) is 68.4 Å². The lowest BCUT2D eigenvalue weighted by Crippen LogP contribution is -2.52. The molecule has 4 rings (SSSR count). The smallest absolute Gasteiger partial charge is 0.00631 e. The Bertz CT molecular complexity index is 265. The largest absolute Gasteiger partial charge is 0.328 e. The molecule has 3 atom stereocenters. The second-order valence-corrected chi connectivity index (χ2v) is 7.43. The van der Waals surface area contributed by atoms with Gasteiger partial charge in [0.1, 0.15) is 0 Å². The molecule has 3 aliphatic carbocycles. The second kappa shape index (κ2) is 4.24. The molecule has 4 aliphatic rings. The van der Waals surface area contributed by atoms with Gasteiger partial charge in [-0.1, -0.05) is 13.8 Å². The molecule has 2 nitrogen and oxygen atoms in total. The van der Waals surface area contributed by atoms with Gasteiger partial charge in [0.2, 0.25) is 0 Å². The first kappa shape index (κ1) is 12.0. The van der Waals surface area contributed by atoms with E-state index in [4.69, 9.17) is 5.73 Å². The van der Waals surface area contributed by atoms with Crippen molar-refractivity contribution in [2.45, 2.75) is 52.0 Å². The zero-order valence-electron chi connectivity index (χ0n) is 11.5. The fourth-order valence-electron chi connectivity index (χ4n) is 4.47. The third-order valence-corrected chi connectivity index (χ3v) is 6.06. The van der Waals surface area contributed by atoms with Crippen molar-refractivity contribution >= 4 is 0 Å². The highest BCUT2D eigenvalue weighted by Crippen LogP contribution is 2.60. The molecule has 1 saturated heterocycles. The van der Waals surface area contributed by atoms with Crippen molar-refractivity contribution in [1.29, 1.82) is 0 Å². The molecule has 2 N–H and O–H groups in total. The Morgan fingerprint density at radius 2 is 1.65 bits per heavy atom. The van der Waals surface area contributed by atoms with Crippen LogP contribution in [-0.4, -0.2) is 30.6 Å². The van der Waals surface area contributed by atoms with Crippen LogP contribution in [-0.2, 0) is 0 Å². The fourth-order valence-corrected chi connectivity index (χ4v) is 4.47. The number of fused-ring (bicyclic) bond motifs is 2. The number of likely N-dealkylation sites (tertiary alicyclic amines) is 1. The van der Waals surface area contributed by atoms with Crippen molar-refractivity contribution in [3.63, 3.8) is 0 Å². The van der Waals surface area contributed by atoms with Crippen LogP contribution in [0.15, 0.2) is 0 Å². The van der Waals surface area contributed by atoms with E-state index in [1.54, 1.807) is 0 Å². The Morgan fingerprint density at radius 3 is 2.18 bits per heavy atom. The zero-order valence-corrected chi connectivity index (χ0v) is 11.5. The average Bonchev–Trinajstić information content (AvgIpc) is 2.32. The first-order valence-corrected chi connectivity index (χ1v) is 7.53. The van der Waals surface area contributed by atoms with Crippen molar-refractivity contribution < 1.29 is 0 Å². The monoisotopic (exact) mass is 236 g/mol. The molecule has 1 heterocycles. The van der Waals surface area contributed by atoms with E-state index < -0.39 is 0 Å². The maximum absolute atomic E-state index is 5.97. The molecule has 1 aliphatic heterocycles. The summed E-state index contributed by atoms with van der Waals surface area (Å²) in [6.45, 7) is 8.83. The van der Waals surface area contributed by atoms with Gasteiger partial charge in [-0.15, -0.1) is 0 Å². The minimum absolute atomic E-state index is 0.477. The van der Waals surface area contributed by atoms with E-state index in [1.165, 1.54) is 51.7 Å². The maximum atomic E-state index is 5.97. The fraction of sp³-hybridized carbons (Fsp3) is 1.00. The van der Waals surface area contributed by atoms with Crippen LogP contribution < -0.4 is 5.73 Å². The SMILES string of the molecule is CC1(C)[C@@H]2C[C@H](CN3CCC(N)CC3)C[C@H]1C2. The summed E-state index contributed by atoms with van der Waals surface area (Å²) in [6, 6.07) is 0.477. The maximum Gasteiger partial charge on any atom is 0.00631 e. The van der Waals surface area contributed by atoms with Crippen LogP contribution in [0.25, 0.3) is 0 Å². The van der Waals surface area contributed by atoms with E-state index in [2.05, 4.69) is 18.7 Å². The van der Waals surface area contributed by atoms with Crippen LogP contribution in [0.5, 0.6) is 0 Å². The van der Waals surface area contributed by atoms with Crippen molar-refractivity contribution in [2.75, 3.05) is 19.6 Å². The number of hydrogen-bond donors (Lipinski definition) is 1. The van der Waals surface area contributed by atoms with Gasteiger partial charge >= 0.3 is 0 Å². The van der Waals surface area contributed by atoms with Crippen LogP contribution in [0.1, 0.15) is 46.0 Å². The van der Waals surface area contributed by atoms with Gasteiger partial charge in [0, 0.05) is 12.6 Å². The number of hydrogen-bond acceptors (Lipinski definition) is 2. The minimum atomic E-state index is 0.477. The first-order valence-electron chi connectivity index (χ1n) is 7.53. The van der Waals surface area contributed by atoms with Crippen LogP contribution in [0.3, 0.4) is 0 Å². The van der Waals surface area contributed by atoms with Crippen LogP contribution >= 0.6 is 0 Å². The predicted octanol–water partition coefficient (Wildman–Crippen LogP) is 2.48. The van der Waals surface area contributed by atoms with Crippen LogP contribution in [0.4, 0.5) is 0 Å². The number of rotatable bonds is 2. The Morgan fingerprint density at radius 1 is 1.06 bits per heavy atom. The molecule has 0 aromatic carbocycles. The zero-order chi connectivity index (χ0) is 12.0. The normalized spacial score (nSPS) is 42.2. The van der Waals surface area contributed by atoms with E-state index >= 15 is 0 Å². The highest BCUT2D eigenvalue weighted by Gasteiger charge is 2.52. The third-order valence-electron chi connectivity index (χ3n) is 6.06. The van der Waals surface area contributed by atoms with Crippen LogP contribution in [0, 0.1) is 23.2 Å². The molecule has 98 valence electrons. The Hall–Kier alpha value is -0.0800.